The SMILES string of the molecule is CC(C)(C)CC(=O)N1CC(O)CC1N. The van der Waals surface area contributed by atoms with Crippen LogP contribution in [0.15, 0.2) is 0 Å². The predicted molar refractivity (Wildman–Crippen MR) is 54.4 cm³/mol. The van der Waals surface area contributed by atoms with Crippen LogP contribution in [0, 0.1) is 5.41 Å². The predicted octanol–water partition coefficient (Wildman–Crippen LogP) is 0.301. The van der Waals surface area contributed by atoms with E-state index in [0.717, 1.165) is 0 Å². The summed E-state index contributed by atoms with van der Waals surface area (Å²) < 4.78 is 0. The van der Waals surface area contributed by atoms with Crippen molar-refractivity contribution in [3.8, 4) is 0 Å². The molecule has 0 bridgehead atoms. The minimum atomic E-state index is -0.450. The van der Waals surface area contributed by atoms with Crippen molar-refractivity contribution in [2.45, 2.75) is 45.9 Å². The second-order valence-corrected chi connectivity index (χ2v) is 5.24. The van der Waals surface area contributed by atoms with Crippen molar-refractivity contribution in [2.75, 3.05) is 6.54 Å². The molecule has 0 aromatic heterocycles. The molecular weight excluding hydrogens is 180 g/mol. The van der Waals surface area contributed by atoms with Crippen molar-refractivity contribution in [1.82, 2.24) is 4.90 Å². The number of hydrogen-bond acceptors (Lipinski definition) is 3. The van der Waals surface area contributed by atoms with Crippen LogP contribution < -0.4 is 5.73 Å². The molecule has 0 aliphatic carbocycles. The number of nitrogens with zero attached hydrogens (tertiary/aromatic N) is 1. The summed E-state index contributed by atoms with van der Waals surface area (Å²) in [6.07, 6.45) is 0.220. The average Bonchev–Trinajstić information content (AvgIpc) is 2.26. The Labute approximate surface area is 85.1 Å². The number of carbonyl (C=O) groups is 1. The monoisotopic (exact) mass is 200 g/mol. The maximum atomic E-state index is 11.8. The van der Waals surface area contributed by atoms with Crippen LogP contribution >= 0.6 is 0 Å². The van der Waals surface area contributed by atoms with Crippen molar-refractivity contribution in [3.05, 3.63) is 0 Å². The van der Waals surface area contributed by atoms with E-state index in [9.17, 15) is 9.90 Å². The Morgan fingerprint density at radius 1 is 1.57 bits per heavy atom. The Morgan fingerprint density at radius 2 is 2.14 bits per heavy atom. The molecule has 3 N–H and O–H groups in total. The van der Waals surface area contributed by atoms with E-state index in [0.29, 0.717) is 19.4 Å². The number of likely N-dealkylation sites (tertiary alicyclic amines) is 1. The zero-order valence-corrected chi connectivity index (χ0v) is 9.16. The summed E-state index contributed by atoms with van der Waals surface area (Å²) in [4.78, 5) is 13.3. The van der Waals surface area contributed by atoms with E-state index in [-0.39, 0.29) is 17.5 Å². The summed E-state index contributed by atoms with van der Waals surface area (Å²) in [7, 11) is 0. The first-order valence-electron chi connectivity index (χ1n) is 5.03. The largest absolute Gasteiger partial charge is 0.391 e. The third-order valence-electron chi connectivity index (χ3n) is 2.32. The minimum Gasteiger partial charge on any atom is -0.391 e. The van der Waals surface area contributed by atoms with E-state index < -0.39 is 6.10 Å². The fourth-order valence-corrected chi connectivity index (χ4v) is 1.68. The lowest BCUT2D eigenvalue weighted by Crippen LogP contribution is -2.42. The van der Waals surface area contributed by atoms with Crippen LogP contribution in [0.3, 0.4) is 0 Å². The first kappa shape index (κ1) is 11.5. The van der Waals surface area contributed by atoms with E-state index in [1.54, 1.807) is 4.90 Å². The number of nitrogens with two attached hydrogens (primary N) is 1. The van der Waals surface area contributed by atoms with Gasteiger partial charge in [-0.3, -0.25) is 4.79 Å². The summed E-state index contributed by atoms with van der Waals surface area (Å²) in [6, 6.07) is 0. The number of aliphatic hydroxyl groups excluding tert-OH is 1. The van der Waals surface area contributed by atoms with Gasteiger partial charge in [-0.15, -0.1) is 0 Å². The normalized spacial score (nSPS) is 28.2. The first-order chi connectivity index (χ1) is 6.29. The minimum absolute atomic E-state index is 0.0235. The van der Waals surface area contributed by atoms with Gasteiger partial charge in [0.05, 0.1) is 12.3 Å². The maximum Gasteiger partial charge on any atom is 0.224 e. The summed E-state index contributed by atoms with van der Waals surface area (Å²) in [5.74, 6) is 0.0431. The highest BCUT2D eigenvalue weighted by Gasteiger charge is 2.33. The second-order valence-electron chi connectivity index (χ2n) is 5.24. The van der Waals surface area contributed by atoms with Gasteiger partial charge in [0.15, 0.2) is 0 Å². The van der Waals surface area contributed by atoms with Crippen molar-refractivity contribution in [2.24, 2.45) is 11.1 Å². The fraction of sp³-hybridized carbons (Fsp3) is 0.900. The van der Waals surface area contributed by atoms with Crippen LogP contribution in [0.2, 0.25) is 0 Å². The lowest BCUT2D eigenvalue weighted by molar-refractivity contribution is -0.134. The van der Waals surface area contributed by atoms with Crippen LogP contribution in [-0.4, -0.2) is 34.7 Å². The highest BCUT2D eigenvalue weighted by atomic mass is 16.3. The van der Waals surface area contributed by atoms with E-state index >= 15 is 0 Å². The molecule has 1 fully saturated rings. The molecule has 1 aliphatic rings. The Bertz CT molecular complexity index is 223. The fourth-order valence-electron chi connectivity index (χ4n) is 1.68. The summed E-state index contributed by atoms with van der Waals surface area (Å²) in [6.45, 7) is 6.44. The number of amides is 1. The van der Waals surface area contributed by atoms with Gasteiger partial charge in [0.25, 0.3) is 0 Å². The molecule has 2 unspecified atom stereocenters. The third-order valence-corrected chi connectivity index (χ3v) is 2.32. The molecule has 4 nitrogen and oxygen atoms in total. The van der Waals surface area contributed by atoms with Gasteiger partial charge in [0.2, 0.25) is 5.91 Å². The van der Waals surface area contributed by atoms with Gasteiger partial charge in [0.1, 0.15) is 0 Å². The van der Waals surface area contributed by atoms with Crippen molar-refractivity contribution >= 4 is 5.91 Å². The molecule has 4 heteroatoms. The van der Waals surface area contributed by atoms with Crippen LogP contribution in [0.5, 0.6) is 0 Å². The van der Waals surface area contributed by atoms with Gasteiger partial charge in [-0.2, -0.15) is 0 Å². The van der Waals surface area contributed by atoms with Gasteiger partial charge in [-0.1, -0.05) is 20.8 Å². The van der Waals surface area contributed by atoms with Crippen LogP contribution in [0.1, 0.15) is 33.6 Å². The van der Waals surface area contributed by atoms with Crippen molar-refractivity contribution < 1.29 is 9.90 Å². The molecule has 2 atom stereocenters. The molecule has 0 saturated carbocycles. The third kappa shape index (κ3) is 2.96. The molecule has 0 radical (unpaired) electrons. The Morgan fingerprint density at radius 3 is 2.50 bits per heavy atom. The lowest BCUT2D eigenvalue weighted by atomic mass is 9.91. The molecule has 1 amide bonds. The van der Waals surface area contributed by atoms with E-state index in [1.807, 2.05) is 20.8 Å². The Hall–Kier alpha value is -0.610. The number of hydrogen-bond donors (Lipinski definition) is 2. The smallest absolute Gasteiger partial charge is 0.224 e. The number of rotatable bonds is 1. The molecule has 1 rings (SSSR count). The molecule has 14 heavy (non-hydrogen) atoms. The highest BCUT2D eigenvalue weighted by molar-refractivity contribution is 5.77. The molecule has 1 heterocycles. The zero-order valence-electron chi connectivity index (χ0n) is 9.16. The van der Waals surface area contributed by atoms with Crippen LogP contribution in [0.4, 0.5) is 0 Å². The lowest BCUT2D eigenvalue weighted by Gasteiger charge is -2.25. The van der Waals surface area contributed by atoms with Gasteiger partial charge >= 0.3 is 0 Å². The molecule has 82 valence electrons. The molecule has 1 saturated heterocycles. The first-order valence-corrected chi connectivity index (χ1v) is 5.03. The van der Waals surface area contributed by atoms with E-state index in [4.69, 9.17) is 5.73 Å². The van der Waals surface area contributed by atoms with Crippen molar-refractivity contribution in [1.29, 1.82) is 0 Å². The number of β-amino-alcohol motifs (C(OH)–C–C–N with tert-alkyl or cyclic N) is 1. The summed E-state index contributed by atoms with van der Waals surface area (Å²) >= 11 is 0. The van der Waals surface area contributed by atoms with Gasteiger partial charge in [0, 0.05) is 19.4 Å². The maximum absolute atomic E-state index is 11.8. The van der Waals surface area contributed by atoms with Crippen molar-refractivity contribution in [3.63, 3.8) is 0 Å². The Balaban J connectivity index is 2.53. The molecule has 1 aliphatic heterocycles. The van der Waals surface area contributed by atoms with Gasteiger partial charge < -0.3 is 15.7 Å². The van der Waals surface area contributed by atoms with Crippen LogP contribution in [-0.2, 0) is 4.79 Å². The molecular formula is C10H20N2O2. The standard InChI is InChI=1S/C10H20N2O2/c1-10(2,3)5-9(14)12-6-7(13)4-8(12)11/h7-8,13H,4-6,11H2,1-3H3. The molecule has 0 aromatic rings. The van der Waals surface area contributed by atoms with E-state index in [2.05, 4.69) is 0 Å². The van der Waals surface area contributed by atoms with Gasteiger partial charge in [-0.05, 0) is 5.41 Å². The second kappa shape index (κ2) is 3.87. The van der Waals surface area contributed by atoms with E-state index in [1.165, 1.54) is 0 Å². The quantitative estimate of drug-likeness (QED) is 0.640. The zero-order chi connectivity index (χ0) is 10.9. The Kier molecular flexibility index (Phi) is 3.17. The van der Waals surface area contributed by atoms with Crippen LogP contribution in [0.25, 0.3) is 0 Å². The molecule has 0 aromatic carbocycles. The number of aliphatic hydroxyl groups is 1. The average molecular weight is 200 g/mol. The summed E-state index contributed by atoms with van der Waals surface area (Å²) in [5, 5.41) is 9.34. The topological polar surface area (TPSA) is 66.6 Å². The summed E-state index contributed by atoms with van der Waals surface area (Å²) in [5.41, 5.74) is 5.71. The van der Waals surface area contributed by atoms with Gasteiger partial charge in [-0.25, -0.2) is 0 Å². The molecule has 0 spiro atoms. The number of carbonyl (C=O) groups excluding carboxylic acids is 1. The highest BCUT2D eigenvalue weighted by Crippen LogP contribution is 2.23.